The number of aromatic nitrogens is 2. The van der Waals surface area contributed by atoms with Crippen LogP contribution in [0.5, 0.6) is 0 Å². The van der Waals surface area contributed by atoms with E-state index in [0.717, 1.165) is 12.4 Å². The molecule has 0 saturated heterocycles. The molecule has 1 heterocycles. The van der Waals surface area contributed by atoms with Crippen LogP contribution < -0.4 is 5.32 Å². The Morgan fingerprint density at radius 2 is 1.82 bits per heavy atom. The van der Waals surface area contributed by atoms with Gasteiger partial charge in [-0.1, -0.05) is 0 Å². The van der Waals surface area contributed by atoms with Crippen molar-refractivity contribution in [3.8, 4) is 0 Å². The second kappa shape index (κ2) is 4.85. The lowest BCUT2D eigenvalue weighted by Gasteiger charge is -2.19. The molecule has 1 aliphatic rings. The van der Waals surface area contributed by atoms with Crippen LogP contribution in [0.2, 0.25) is 0 Å². The van der Waals surface area contributed by atoms with Crippen molar-refractivity contribution >= 4 is 18.0 Å². The van der Waals surface area contributed by atoms with E-state index in [0.29, 0.717) is 0 Å². The van der Waals surface area contributed by atoms with Crippen molar-refractivity contribution in [1.82, 2.24) is 9.97 Å². The monoisotopic (exact) mass is 315 g/mol. The highest BCUT2D eigenvalue weighted by Gasteiger charge is 2.77. The molecule has 2 N–H and O–H groups in total. The summed E-state index contributed by atoms with van der Waals surface area (Å²) in [5.41, 5.74) is -3.20. The Morgan fingerprint density at radius 3 is 2.18 bits per heavy atom. The van der Waals surface area contributed by atoms with Crippen LogP contribution in [0.4, 0.5) is 19.5 Å². The molecule has 1 saturated carbocycles. The molecule has 1 aromatic rings. The Hall–Kier alpha value is -2.32. The van der Waals surface area contributed by atoms with Crippen molar-refractivity contribution in [2.75, 3.05) is 5.32 Å². The van der Waals surface area contributed by atoms with Gasteiger partial charge in [0.15, 0.2) is 5.41 Å². The summed E-state index contributed by atoms with van der Waals surface area (Å²) in [5.74, 6) is -5.13. The van der Waals surface area contributed by atoms with Crippen LogP contribution in [-0.2, 0) is 14.9 Å². The average molecular weight is 315 g/mol. The van der Waals surface area contributed by atoms with Crippen molar-refractivity contribution in [3.05, 3.63) is 18.0 Å². The van der Waals surface area contributed by atoms with Gasteiger partial charge >= 0.3 is 12.1 Å². The highest BCUT2D eigenvalue weighted by atomic mass is 19.3. The minimum atomic E-state index is -3.33. The van der Waals surface area contributed by atoms with Crippen molar-refractivity contribution in [2.45, 2.75) is 44.1 Å². The molecule has 1 atom stereocenters. The summed E-state index contributed by atoms with van der Waals surface area (Å²) in [6, 6.07) is 0. The maximum absolute atomic E-state index is 13.4. The fourth-order valence-corrected chi connectivity index (χ4v) is 1.97. The Bertz CT molecular complexity index is 613. The molecular weight excluding hydrogens is 300 g/mol. The third-order valence-electron chi connectivity index (χ3n) is 3.11. The molecule has 0 aromatic carbocycles. The summed E-state index contributed by atoms with van der Waals surface area (Å²) >= 11 is 0. The second-order valence-electron chi connectivity index (χ2n) is 6.01. The summed E-state index contributed by atoms with van der Waals surface area (Å²) in [7, 11) is 0. The first-order valence-corrected chi connectivity index (χ1v) is 6.42. The van der Waals surface area contributed by atoms with Gasteiger partial charge in [-0.3, -0.25) is 10.1 Å². The Morgan fingerprint density at radius 1 is 1.32 bits per heavy atom. The smallest absolute Gasteiger partial charge is 0.414 e. The molecule has 1 unspecified atom stereocenters. The summed E-state index contributed by atoms with van der Waals surface area (Å²) < 4.78 is 31.7. The number of nitrogens with one attached hydrogen (secondary N) is 1. The Labute approximate surface area is 124 Å². The predicted octanol–water partition coefficient (Wildman–Crippen LogP) is 2.19. The van der Waals surface area contributed by atoms with Crippen molar-refractivity contribution in [3.63, 3.8) is 0 Å². The van der Waals surface area contributed by atoms with Gasteiger partial charge in [-0.05, 0) is 20.8 Å². The molecule has 7 nitrogen and oxygen atoms in total. The zero-order chi connectivity index (χ0) is 16.8. The van der Waals surface area contributed by atoms with Gasteiger partial charge in [0.2, 0.25) is 5.95 Å². The number of anilines is 1. The third-order valence-corrected chi connectivity index (χ3v) is 3.11. The van der Waals surface area contributed by atoms with Crippen LogP contribution >= 0.6 is 0 Å². The molecule has 1 aliphatic carbocycles. The summed E-state index contributed by atoms with van der Waals surface area (Å²) in [5, 5.41) is 11.2. The third kappa shape index (κ3) is 2.83. The summed E-state index contributed by atoms with van der Waals surface area (Å²) in [6.45, 7) is 5.01. The molecule has 0 bridgehead atoms. The van der Waals surface area contributed by atoms with Crippen LogP contribution in [0.15, 0.2) is 12.4 Å². The maximum Gasteiger partial charge on any atom is 0.414 e. The van der Waals surface area contributed by atoms with Crippen molar-refractivity contribution in [2.24, 2.45) is 0 Å². The number of carbonyl (C=O) groups is 2. The van der Waals surface area contributed by atoms with Gasteiger partial charge in [-0.2, -0.15) is 0 Å². The first-order valence-electron chi connectivity index (χ1n) is 6.42. The van der Waals surface area contributed by atoms with E-state index in [2.05, 4.69) is 15.3 Å². The number of hydrogen-bond acceptors (Lipinski definition) is 5. The molecule has 0 aliphatic heterocycles. The molecule has 1 fully saturated rings. The van der Waals surface area contributed by atoms with Gasteiger partial charge in [-0.15, -0.1) is 0 Å². The lowest BCUT2D eigenvalue weighted by Crippen LogP contribution is -2.29. The van der Waals surface area contributed by atoms with E-state index < -0.39 is 35.4 Å². The van der Waals surface area contributed by atoms with Gasteiger partial charge in [0.05, 0.1) is 0 Å². The van der Waals surface area contributed by atoms with Gasteiger partial charge in [0, 0.05) is 24.4 Å². The normalized spacial score (nSPS) is 22.8. The van der Waals surface area contributed by atoms with E-state index >= 15 is 0 Å². The van der Waals surface area contributed by atoms with Crippen LogP contribution in [-0.4, -0.2) is 38.7 Å². The fraction of sp³-hybridized carbons (Fsp3) is 0.538. The van der Waals surface area contributed by atoms with E-state index in [1.165, 1.54) is 0 Å². The number of alkyl halides is 2. The molecule has 1 aromatic heterocycles. The molecule has 1 amide bonds. The maximum atomic E-state index is 13.4. The molecule has 0 spiro atoms. The number of aliphatic carboxylic acids is 1. The van der Waals surface area contributed by atoms with E-state index in [4.69, 9.17) is 9.84 Å². The zero-order valence-corrected chi connectivity index (χ0v) is 12.2. The number of carbonyl (C=O) groups excluding carboxylic acids is 1. The number of carboxylic acids is 1. The zero-order valence-electron chi connectivity index (χ0n) is 12.2. The van der Waals surface area contributed by atoms with Gasteiger partial charge in [0.1, 0.15) is 5.60 Å². The van der Waals surface area contributed by atoms with Crippen LogP contribution in [0.1, 0.15) is 32.8 Å². The number of halogens is 2. The molecular formula is C13H15F2N3O4. The lowest BCUT2D eigenvalue weighted by molar-refractivity contribution is -0.143. The van der Waals surface area contributed by atoms with E-state index in [1.54, 1.807) is 20.8 Å². The lowest BCUT2D eigenvalue weighted by atomic mass is 9.99. The van der Waals surface area contributed by atoms with Gasteiger partial charge in [-0.25, -0.2) is 23.5 Å². The van der Waals surface area contributed by atoms with Crippen LogP contribution in [0.3, 0.4) is 0 Å². The number of ether oxygens (including phenoxy) is 1. The topological polar surface area (TPSA) is 101 Å². The minimum Gasteiger partial charge on any atom is -0.480 e. The van der Waals surface area contributed by atoms with Crippen LogP contribution in [0, 0.1) is 0 Å². The standard InChI is InChI=1S/C13H15F2N3O4/c1-11(2,3)22-10(21)18-9-16-4-7(5-17-9)12(8(19)20)6-13(12,14)15/h4-5H,6H2,1-3H3,(H,19,20)(H,16,17,18,21). The largest absolute Gasteiger partial charge is 0.480 e. The highest BCUT2D eigenvalue weighted by molar-refractivity contribution is 5.87. The SMILES string of the molecule is CC(C)(C)OC(=O)Nc1ncc(C2(C(=O)O)CC2(F)F)cn1. The number of hydrogen-bond donors (Lipinski definition) is 2. The number of amides is 1. The molecule has 120 valence electrons. The van der Waals surface area contributed by atoms with Gasteiger partial charge in [0.25, 0.3) is 5.92 Å². The quantitative estimate of drug-likeness (QED) is 0.886. The van der Waals surface area contributed by atoms with Crippen molar-refractivity contribution < 1.29 is 28.2 Å². The fourth-order valence-electron chi connectivity index (χ4n) is 1.97. The highest BCUT2D eigenvalue weighted by Crippen LogP contribution is 2.61. The summed E-state index contributed by atoms with van der Waals surface area (Å²) in [4.78, 5) is 30.0. The molecule has 2 rings (SSSR count). The molecule has 22 heavy (non-hydrogen) atoms. The van der Waals surface area contributed by atoms with E-state index in [1.807, 2.05) is 0 Å². The minimum absolute atomic E-state index is 0.164. The van der Waals surface area contributed by atoms with Gasteiger partial charge < -0.3 is 9.84 Å². The predicted molar refractivity (Wildman–Crippen MR) is 70.8 cm³/mol. The van der Waals surface area contributed by atoms with Crippen molar-refractivity contribution in [1.29, 1.82) is 0 Å². The number of rotatable bonds is 3. The first-order chi connectivity index (χ1) is 9.98. The molecule has 0 radical (unpaired) electrons. The Kier molecular flexibility index (Phi) is 3.54. The van der Waals surface area contributed by atoms with E-state index in [-0.39, 0.29) is 11.5 Å². The summed E-state index contributed by atoms with van der Waals surface area (Å²) in [6.07, 6.45) is 0.339. The number of nitrogens with zero attached hydrogens (tertiary/aromatic N) is 2. The number of carboxylic acid groups (broad SMARTS) is 1. The van der Waals surface area contributed by atoms with E-state index in [9.17, 15) is 18.4 Å². The average Bonchev–Trinajstić information content (AvgIpc) is 2.92. The van der Waals surface area contributed by atoms with Crippen LogP contribution in [0.25, 0.3) is 0 Å². The Balaban J connectivity index is 2.12. The molecule has 9 heteroatoms. The second-order valence-corrected chi connectivity index (χ2v) is 6.01. The first kappa shape index (κ1) is 16.1.